The normalized spacial score (nSPS) is 67.7. The molecule has 1 aromatic rings. The zero-order chi connectivity index (χ0) is 30.8. The molecule has 3 fully saturated rings. The standard InChI is InChI=1S/C19H24N2O/c22-19-16-6-2-4-14-3-1-5-15(18(14)16)11-21(19)17-12-20-9-7-13(17)8-10-20/h2,4,6,13,15,17H,1,3,5,7-12H2/t15-,17-/m1/s1/i2D,3D2,4D,6D,7D2,8D2,9D2,10D2,11D2,12D2,13D. The summed E-state index contributed by atoms with van der Waals surface area (Å²) in [5.41, 5.74) is -1.65. The fourth-order valence-electron chi connectivity index (χ4n) is 3.09. The van der Waals surface area contributed by atoms with Gasteiger partial charge in [0.25, 0.3) is 5.91 Å². The summed E-state index contributed by atoms with van der Waals surface area (Å²) in [5, 5.41) is 0. The van der Waals surface area contributed by atoms with Crippen LogP contribution in [0.25, 0.3) is 0 Å². The van der Waals surface area contributed by atoms with Gasteiger partial charge in [-0.05, 0) is 68.0 Å². The summed E-state index contributed by atoms with van der Waals surface area (Å²) in [5.74, 6) is -7.00. The predicted octanol–water partition coefficient (Wildman–Crippen LogP) is 2.66. The molecule has 0 spiro atoms. The first-order valence-corrected chi connectivity index (χ1v) is 7.00. The van der Waals surface area contributed by atoms with Crippen molar-refractivity contribution in [3.8, 4) is 0 Å². The molecular formula is C19H24N2O. The van der Waals surface area contributed by atoms with Crippen LogP contribution in [0.3, 0.4) is 0 Å². The second kappa shape index (κ2) is 4.82. The predicted molar refractivity (Wildman–Crippen MR) is 86.1 cm³/mol. The lowest BCUT2D eigenvalue weighted by Gasteiger charge is -2.51. The second-order valence-electron chi connectivity index (χ2n) is 5.37. The molecule has 3 heteroatoms. The number of carbonyl (C=O) groups is 1. The Morgan fingerprint density at radius 3 is 3.00 bits per heavy atom. The van der Waals surface area contributed by atoms with Crippen LogP contribution in [0.2, 0.25) is 0 Å². The summed E-state index contributed by atoms with van der Waals surface area (Å²) in [4.78, 5) is 13.8. The lowest BCUT2D eigenvalue weighted by atomic mass is 9.75. The van der Waals surface area contributed by atoms with Crippen LogP contribution >= 0.6 is 0 Å². The molecule has 4 aliphatic heterocycles. The summed E-state index contributed by atoms with van der Waals surface area (Å²) < 4.78 is 153. The van der Waals surface area contributed by atoms with Gasteiger partial charge in [0.05, 0.1) is 6.85 Å². The maximum atomic E-state index is 14.1. The van der Waals surface area contributed by atoms with Crippen molar-refractivity contribution in [2.45, 2.75) is 43.9 Å². The van der Waals surface area contributed by atoms with Gasteiger partial charge in [0.1, 0.15) is 0 Å². The molecule has 0 unspecified atom stereocenters. The third-order valence-electron chi connectivity index (χ3n) is 4.11. The third-order valence-corrected chi connectivity index (χ3v) is 4.11. The first kappa shape index (κ1) is 4.38. The molecule has 2 atom stereocenters. The monoisotopic (exact) mass is 314 g/mol. The molecule has 0 saturated carbocycles. The topological polar surface area (TPSA) is 23.6 Å². The number of hydrogen-bond acceptors (Lipinski definition) is 2. The van der Waals surface area contributed by atoms with Gasteiger partial charge in [0.2, 0.25) is 0 Å². The third kappa shape index (κ3) is 1.81. The molecule has 1 aliphatic carbocycles. The maximum absolute atomic E-state index is 14.1. The van der Waals surface area contributed by atoms with Crippen molar-refractivity contribution in [3.63, 3.8) is 0 Å². The minimum Gasteiger partial charge on any atom is -0.333 e. The molecule has 0 N–H and O–H groups in total. The quantitative estimate of drug-likeness (QED) is 0.795. The van der Waals surface area contributed by atoms with Crippen molar-refractivity contribution in [2.75, 3.05) is 26.0 Å². The van der Waals surface area contributed by atoms with Gasteiger partial charge in [-0.15, -0.1) is 0 Å². The molecule has 22 heavy (non-hydrogen) atoms. The SMILES string of the molecule is [2H]c1c([2H])c2c3c(c1[2H])C([2H])([2H])CC[C@@H]3C([2H])([2H])N([C@@H]1C([2H])([2H])N3C([2H])([2H])C([2H])([2H])C1([2H])C([2H])([2H])C3([2H])[2H])C2=O. The highest BCUT2D eigenvalue weighted by Crippen LogP contribution is 2.41. The van der Waals surface area contributed by atoms with E-state index in [0.717, 1.165) is 0 Å². The Morgan fingerprint density at radius 1 is 1.27 bits per heavy atom. The summed E-state index contributed by atoms with van der Waals surface area (Å²) in [6.07, 6.45) is -10.6. The summed E-state index contributed by atoms with van der Waals surface area (Å²) >= 11 is 0. The molecule has 3 saturated heterocycles. The van der Waals surface area contributed by atoms with Gasteiger partial charge in [0, 0.05) is 48.3 Å². The van der Waals surface area contributed by atoms with Crippen LogP contribution in [-0.4, -0.2) is 47.7 Å². The van der Waals surface area contributed by atoms with Gasteiger partial charge >= 0.3 is 0 Å². The molecule has 3 nitrogen and oxygen atoms in total. The first-order chi connectivity index (χ1) is 17.7. The number of amides is 1. The Morgan fingerprint density at radius 2 is 2.14 bits per heavy atom. The molecule has 1 aromatic carbocycles. The van der Waals surface area contributed by atoms with Crippen LogP contribution < -0.4 is 0 Å². The zero-order valence-electron chi connectivity index (χ0n) is 29.4. The average Bonchev–Trinajstić information content (AvgIpc) is 2.76. The number of rotatable bonds is 1. The summed E-state index contributed by atoms with van der Waals surface area (Å²) in [6.45, 7) is -14.0. The fourth-order valence-corrected chi connectivity index (χ4v) is 3.09. The summed E-state index contributed by atoms with van der Waals surface area (Å²) in [7, 11) is 0. The molecule has 2 bridgehead atoms. The van der Waals surface area contributed by atoms with E-state index in [1.807, 2.05) is 0 Å². The highest BCUT2D eigenvalue weighted by atomic mass is 16.2. The molecule has 6 rings (SSSR count). The van der Waals surface area contributed by atoms with Crippen molar-refractivity contribution in [3.05, 3.63) is 34.8 Å². The highest BCUT2D eigenvalue weighted by molar-refractivity contribution is 5.97. The molecule has 0 aromatic heterocycles. The lowest BCUT2D eigenvalue weighted by molar-refractivity contribution is 0.00258. The average molecular weight is 315 g/mol. The van der Waals surface area contributed by atoms with E-state index in [2.05, 4.69) is 0 Å². The summed E-state index contributed by atoms with van der Waals surface area (Å²) in [6, 6.07) is -5.38. The highest BCUT2D eigenvalue weighted by Gasteiger charge is 2.43. The van der Waals surface area contributed by atoms with Gasteiger partial charge < -0.3 is 9.80 Å². The Bertz CT molecular complexity index is 1330. The molecule has 116 valence electrons. The smallest absolute Gasteiger partial charge is 0.254 e. The van der Waals surface area contributed by atoms with Crippen LogP contribution in [0.1, 0.15) is 77.7 Å². The van der Waals surface area contributed by atoms with Crippen LogP contribution in [0.4, 0.5) is 0 Å². The van der Waals surface area contributed by atoms with Crippen molar-refractivity contribution in [2.24, 2.45) is 5.89 Å². The second-order valence-corrected chi connectivity index (χ2v) is 5.37. The Labute approximate surface area is 157 Å². The van der Waals surface area contributed by atoms with Gasteiger partial charge in [0.15, 0.2) is 0 Å². The van der Waals surface area contributed by atoms with E-state index in [-0.39, 0.29) is 21.8 Å². The van der Waals surface area contributed by atoms with E-state index >= 15 is 0 Å². The Hall–Kier alpha value is -1.35. The van der Waals surface area contributed by atoms with E-state index < -0.39 is 105 Å². The van der Waals surface area contributed by atoms with Crippen LogP contribution in [0.15, 0.2) is 18.1 Å². The van der Waals surface area contributed by atoms with Gasteiger partial charge in [-0.25, -0.2) is 0 Å². The van der Waals surface area contributed by atoms with Crippen molar-refractivity contribution in [1.29, 1.82) is 0 Å². The zero-order valence-corrected chi connectivity index (χ0v) is 11.4. The van der Waals surface area contributed by atoms with E-state index in [0.29, 0.717) is 0 Å². The minimum atomic E-state index is -3.82. The van der Waals surface area contributed by atoms with Gasteiger partial charge in [-0.1, -0.05) is 12.1 Å². The van der Waals surface area contributed by atoms with Crippen LogP contribution in [-0.2, 0) is 6.37 Å². The van der Waals surface area contributed by atoms with Crippen LogP contribution in [0, 0.1) is 5.89 Å². The molecular weight excluding hydrogens is 272 g/mol. The van der Waals surface area contributed by atoms with Crippen molar-refractivity contribution >= 4 is 5.91 Å². The Balaban J connectivity index is 1.88. The number of fused-ring (bicyclic) bond motifs is 3. The van der Waals surface area contributed by atoms with Crippen molar-refractivity contribution < 1.29 is 29.5 Å². The van der Waals surface area contributed by atoms with Gasteiger partial charge in [-0.2, -0.15) is 0 Å². The number of carbonyl (C=O) groups excluding carboxylic acids is 1. The van der Waals surface area contributed by atoms with Crippen LogP contribution in [0.5, 0.6) is 0 Å². The van der Waals surface area contributed by atoms with E-state index in [4.69, 9.17) is 24.7 Å². The molecule has 1 amide bonds. The number of hydrogen-bond donors (Lipinski definition) is 0. The fraction of sp³-hybridized carbons (Fsp3) is 0.632. The van der Waals surface area contributed by atoms with E-state index in [1.54, 1.807) is 0 Å². The first-order valence-electron chi connectivity index (χ1n) is 16.0. The largest absolute Gasteiger partial charge is 0.333 e. The molecule has 0 radical (unpaired) electrons. The van der Waals surface area contributed by atoms with E-state index in [9.17, 15) is 4.79 Å². The Kier molecular flexibility index (Phi) is 0.961. The maximum Gasteiger partial charge on any atom is 0.254 e. The molecule has 4 heterocycles. The van der Waals surface area contributed by atoms with Crippen molar-refractivity contribution in [1.82, 2.24) is 9.80 Å². The van der Waals surface area contributed by atoms with Gasteiger partial charge in [-0.3, -0.25) is 4.79 Å². The van der Waals surface area contributed by atoms with E-state index in [1.165, 1.54) is 0 Å². The number of benzene rings is 1. The lowest BCUT2D eigenvalue weighted by Crippen LogP contribution is -2.60. The minimum absolute atomic E-state index is 0.0336. The number of nitrogens with zero attached hydrogens (tertiary/aromatic N) is 2. The number of piperidine rings is 3. The molecule has 5 aliphatic rings.